The number of aryl methyl sites for hydroxylation is 2. The first kappa shape index (κ1) is 14.2. The Kier molecular flexibility index (Phi) is 5.10. The quantitative estimate of drug-likeness (QED) is 0.822. The van der Waals surface area contributed by atoms with Crippen LogP contribution < -0.4 is 4.74 Å². The molecule has 3 nitrogen and oxygen atoms in total. The van der Waals surface area contributed by atoms with Crippen molar-refractivity contribution in [3.8, 4) is 5.75 Å². The molecule has 1 atom stereocenters. The Morgan fingerprint density at radius 3 is 2.63 bits per heavy atom. The first-order chi connectivity index (χ1) is 9.17. The molecule has 0 radical (unpaired) electrons. The van der Waals surface area contributed by atoms with Crippen LogP contribution in [0.15, 0.2) is 30.5 Å². The third-order valence-corrected chi connectivity index (χ3v) is 5.14. The molecule has 1 aromatic carbocycles. The van der Waals surface area contributed by atoms with Crippen molar-refractivity contribution in [2.75, 3.05) is 12.9 Å². The molecule has 5 heteroatoms. The van der Waals surface area contributed by atoms with Crippen molar-refractivity contribution in [1.29, 1.82) is 0 Å². The number of aromatic nitrogens is 1. The summed E-state index contributed by atoms with van der Waals surface area (Å²) in [5.41, 5.74) is 1.19. The van der Waals surface area contributed by atoms with E-state index in [2.05, 4.69) is 4.98 Å². The lowest BCUT2D eigenvalue weighted by Gasteiger charge is -2.03. The van der Waals surface area contributed by atoms with Crippen molar-refractivity contribution in [2.45, 2.75) is 19.1 Å². The van der Waals surface area contributed by atoms with E-state index < -0.39 is 10.8 Å². The standard InChI is InChI=1S/C14H17NO2S2/c1-11-15-9-14(18-11)10-19(16)8-7-12-3-5-13(17-2)6-4-12/h3-6,9H,7-8,10H2,1-2H3/t19-/m0/s1. The number of rotatable bonds is 6. The van der Waals surface area contributed by atoms with E-state index >= 15 is 0 Å². The van der Waals surface area contributed by atoms with E-state index in [1.807, 2.05) is 37.4 Å². The molecule has 0 fully saturated rings. The van der Waals surface area contributed by atoms with Gasteiger partial charge in [-0.2, -0.15) is 0 Å². The van der Waals surface area contributed by atoms with Gasteiger partial charge in [0, 0.05) is 27.6 Å². The van der Waals surface area contributed by atoms with Crippen LogP contribution in [-0.2, 0) is 23.0 Å². The first-order valence-electron chi connectivity index (χ1n) is 6.06. The van der Waals surface area contributed by atoms with Crippen molar-refractivity contribution in [2.24, 2.45) is 0 Å². The van der Waals surface area contributed by atoms with Crippen molar-refractivity contribution in [3.05, 3.63) is 45.9 Å². The first-order valence-corrected chi connectivity index (χ1v) is 8.37. The Bertz CT molecular complexity index is 549. The van der Waals surface area contributed by atoms with Gasteiger partial charge < -0.3 is 4.74 Å². The minimum atomic E-state index is -0.826. The fourth-order valence-corrected chi connectivity index (χ4v) is 3.95. The Hall–Kier alpha value is -1.20. The average Bonchev–Trinajstić information content (AvgIpc) is 2.82. The minimum absolute atomic E-state index is 0.613. The van der Waals surface area contributed by atoms with Gasteiger partial charge in [-0.15, -0.1) is 11.3 Å². The van der Waals surface area contributed by atoms with Crippen LogP contribution in [0, 0.1) is 6.92 Å². The van der Waals surface area contributed by atoms with Crippen LogP contribution in [0.1, 0.15) is 15.4 Å². The topological polar surface area (TPSA) is 39.2 Å². The predicted molar refractivity (Wildman–Crippen MR) is 80.3 cm³/mol. The van der Waals surface area contributed by atoms with Gasteiger partial charge in [0.1, 0.15) is 5.75 Å². The molecule has 1 heterocycles. The summed E-state index contributed by atoms with van der Waals surface area (Å²) in [4.78, 5) is 5.28. The predicted octanol–water partition coefficient (Wildman–Crippen LogP) is 2.95. The third-order valence-electron chi connectivity index (χ3n) is 2.75. The van der Waals surface area contributed by atoms with E-state index in [1.165, 1.54) is 5.56 Å². The van der Waals surface area contributed by atoms with Crippen molar-refractivity contribution >= 4 is 22.1 Å². The van der Waals surface area contributed by atoms with Crippen LogP contribution in [0.3, 0.4) is 0 Å². The summed E-state index contributed by atoms with van der Waals surface area (Å²) < 4.78 is 17.1. The fraction of sp³-hybridized carbons (Fsp3) is 0.357. The number of methoxy groups -OCH3 is 1. The number of hydrogen-bond acceptors (Lipinski definition) is 4. The second-order valence-electron chi connectivity index (χ2n) is 4.23. The van der Waals surface area contributed by atoms with Crippen LogP contribution in [0.5, 0.6) is 5.75 Å². The number of nitrogens with zero attached hydrogens (tertiary/aromatic N) is 1. The average molecular weight is 295 g/mol. The van der Waals surface area contributed by atoms with E-state index in [0.717, 1.165) is 22.1 Å². The van der Waals surface area contributed by atoms with Crippen LogP contribution in [0.4, 0.5) is 0 Å². The molecule has 0 bridgehead atoms. The third kappa shape index (κ3) is 4.44. The smallest absolute Gasteiger partial charge is 0.118 e. The monoisotopic (exact) mass is 295 g/mol. The molecule has 0 unspecified atom stereocenters. The molecule has 19 heavy (non-hydrogen) atoms. The summed E-state index contributed by atoms with van der Waals surface area (Å²) in [6.07, 6.45) is 2.65. The summed E-state index contributed by atoms with van der Waals surface area (Å²) in [6, 6.07) is 7.91. The van der Waals surface area contributed by atoms with Gasteiger partial charge in [0.15, 0.2) is 0 Å². The molecule has 0 aliphatic rings. The normalized spacial score (nSPS) is 12.3. The SMILES string of the molecule is COc1ccc(CC[S@](=O)Cc2cnc(C)s2)cc1. The maximum absolute atomic E-state index is 12.0. The minimum Gasteiger partial charge on any atom is -0.497 e. The van der Waals surface area contributed by atoms with Gasteiger partial charge in [0.2, 0.25) is 0 Å². The van der Waals surface area contributed by atoms with Gasteiger partial charge in [0.25, 0.3) is 0 Å². The van der Waals surface area contributed by atoms with E-state index in [-0.39, 0.29) is 0 Å². The largest absolute Gasteiger partial charge is 0.497 e. The van der Waals surface area contributed by atoms with Gasteiger partial charge in [-0.3, -0.25) is 4.21 Å². The molecule has 0 amide bonds. The molecule has 0 saturated carbocycles. The van der Waals surface area contributed by atoms with E-state index in [9.17, 15) is 4.21 Å². The van der Waals surface area contributed by atoms with Gasteiger partial charge >= 0.3 is 0 Å². The number of ether oxygens (including phenoxy) is 1. The Labute approximate surface area is 120 Å². The second-order valence-corrected chi connectivity index (χ2v) is 7.13. The van der Waals surface area contributed by atoms with Gasteiger partial charge in [-0.25, -0.2) is 4.98 Å². The highest BCUT2D eigenvalue weighted by Crippen LogP contribution is 2.15. The molecule has 102 valence electrons. The van der Waals surface area contributed by atoms with Crippen molar-refractivity contribution in [3.63, 3.8) is 0 Å². The van der Waals surface area contributed by atoms with Gasteiger partial charge in [0.05, 0.1) is 17.9 Å². The molecule has 2 rings (SSSR count). The molecule has 0 saturated heterocycles. The summed E-state index contributed by atoms with van der Waals surface area (Å²) >= 11 is 1.62. The molecule has 2 aromatic rings. The van der Waals surface area contributed by atoms with Crippen molar-refractivity contribution < 1.29 is 8.95 Å². The van der Waals surface area contributed by atoms with E-state index in [0.29, 0.717) is 11.5 Å². The lowest BCUT2D eigenvalue weighted by atomic mass is 10.2. The molecule has 0 aliphatic carbocycles. The van der Waals surface area contributed by atoms with Gasteiger partial charge in [-0.1, -0.05) is 12.1 Å². The molecule has 0 aliphatic heterocycles. The molecular formula is C14H17NO2S2. The van der Waals surface area contributed by atoms with Crippen LogP contribution in [-0.4, -0.2) is 22.1 Å². The fourth-order valence-electron chi connectivity index (χ4n) is 1.73. The zero-order valence-corrected chi connectivity index (χ0v) is 12.7. The van der Waals surface area contributed by atoms with Crippen LogP contribution in [0.2, 0.25) is 0 Å². The Balaban J connectivity index is 1.82. The highest BCUT2D eigenvalue weighted by Gasteiger charge is 2.05. The molecule has 1 aromatic heterocycles. The Morgan fingerprint density at radius 2 is 2.05 bits per heavy atom. The lowest BCUT2D eigenvalue weighted by molar-refractivity contribution is 0.414. The van der Waals surface area contributed by atoms with Crippen LogP contribution in [0.25, 0.3) is 0 Å². The number of benzene rings is 1. The number of thiazole rings is 1. The lowest BCUT2D eigenvalue weighted by Crippen LogP contribution is -2.03. The van der Waals surface area contributed by atoms with Crippen molar-refractivity contribution in [1.82, 2.24) is 4.98 Å². The van der Waals surface area contributed by atoms with E-state index in [1.54, 1.807) is 18.4 Å². The van der Waals surface area contributed by atoms with Crippen LogP contribution >= 0.6 is 11.3 Å². The number of hydrogen-bond donors (Lipinski definition) is 0. The highest BCUT2D eigenvalue weighted by atomic mass is 32.2. The zero-order chi connectivity index (χ0) is 13.7. The maximum Gasteiger partial charge on any atom is 0.118 e. The van der Waals surface area contributed by atoms with E-state index in [4.69, 9.17) is 4.74 Å². The zero-order valence-electron chi connectivity index (χ0n) is 11.1. The maximum atomic E-state index is 12.0. The van der Waals surface area contributed by atoms with Gasteiger partial charge in [-0.05, 0) is 31.0 Å². The summed E-state index contributed by atoms with van der Waals surface area (Å²) in [5, 5.41) is 1.03. The summed E-state index contributed by atoms with van der Waals surface area (Å²) in [6.45, 7) is 1.97. The molecule has 0 N–H and O–H groups in total. The molecule has 0 spiro atoms. The second kappa shape index (κ2) is 6.82. The Morgan fingerprint density at radius 1 is 1.32 bits per heavy atom. The summed E-state index contributed by atoms with van der Waals surface area (Å²) in [5.74, 6) is 2.15. The molecular weight excluding hydrogens is 278 g/mol. The highest BCUT2D eigenvalue weighted by molar-refractivity contribution is 7.84. The summed E-state index contributed by atoms with van der Waals surface area (Å²) in [7, 11) is 0.828.